The van der Waals surface area contributed by atoms with Crippen molar-refractivity contribution in [2.45, 2.75) is 127 Å². The summed E-state index contributed by atoms with van der Waals surface area (Å²) in [6, 6.07) is 0. The van der Waals surface area contributed by atoms with Gasteiger partial charge in [0, 0.05) is 47.8 Å². The largest absolute Gasteiger partial charge is 0.347 e. The zero-order valence-electron chi connectivity index (χ0n) is 24.0. The van der Waals surface area contributed by atoms with E-state index in [1.807, 2.05) is 0 Å². The van der Waals surface area contributed by atoms with Gasteiger partial charge in [-0.05, 0) is 69.5 Å². The van der Waals surface area contributed by atoms with Crippen LogP contribution in [-0.2, 0) is 38.7 Å². The fourth-order valence-electron chi connectivity index (χ4n) is 6.94. The molecule has 2 spiro atoms. The predicted molar refractivity (Wildman–Crippen MR) is 137 cm³/mol. The van der Waals surface area contributed by atoms with Gasteiger partial charge in [0.25, 0.3) is 0 Å². The Labute approximate surface area is 220 Å². The normalized spacial score (nSPS) is 35.4. The Bertz CT molecular complexity index is 744. The molecule has 2 unspecified atom stereocenters. The van der Waals surface area contributed by atoms with Gasteiger partial charge >= 0.3 is 11.4 Å². The van der Waals surface area contributed by atoms with Crippen LogP contribution in [0.3, 0.4) is 0 Å². The zero-order chi connectivity index (χ0) is 26.8. The SMILES string of the molecule is CN1C(C)(C)CC2(CC1(C)C)OCC(COS(=O)OCC1COC3(CC(C)(C)N(C)C(C)(C)C3)O1)O2. The fraction of sp³-hybridized carbons (Fsp3) is 1.00. The van der Waals surface area contributed by atoms with Crippen LogP contribution in [0.2, 0.25) is 0 Å². The Morgan fingerprint density at radius 2 is 0.972 bits per heavy atom. The van der Waals surface area contributed by atoms with Crippen molar-refractivity contribution >= 4 is 11.4 Å². The van der Waals surface area contributed by atoms with Crippen molar-refractivity contribution in [1.29, 1.82) is 0 Å². The van der Waals surface area contributed by atoms with Crippen LogP contribution >= 0.6 is 0 Å². The van der Waals surface area contributed by atoms with Gasteiger partial charge in [-0.2, -0.15) is 4.21 Å². The monoisotopic (exact) mass is 532 g/mol. The molecule has 4 rings (SSSR count). The first-order valence-corrected chi connectivity index (χ1v) is 14.2. The van der Waals surface area contributed by atoms with Crippen LogP contribution in [0.25, 0.3) is 0 Å². The van der Waals surface area contributed by atoms with Gasteiger partial charge in [-0.3, -0.25) is 18.2 Å². The quantitative estimate of drug-likeness (QED) is 0.511. The minimum absolute atomic E-state index is 0.0671. The molecule has 0 bridgehead atoms. The highest BCUT2D eigenvalue weighted by atomic mass is 32.2. The first-order chi connectivity index (χ1) is 16.4. The van der Waals surface area contributed by atoms with Crippen LogP contribution < -0.4 is 0 Å². The Morgan fingerprint density at radius 3 is 1.28 bits per heavy atom. The van der Waals surface area contributed by atoms with E-state index in [9.17, 15) is 4.21 Å². The Hall–Kier alpha value is -0.170. The first-order valence-electron chi connectivity index (χ1n) is 13.2. The van der Waals surface area contributed by atoms with E-state index in [0.717, 1.165) is 25.7 Å². The van der Waals surface area contributed by atoms with Crippen molar-refractivity contribution < 1.29 is 31.5 Å². The third-order valence-corrected chi connectivity index (χ3v) is 9.62. The van der Waals surface area contributed by atoms with Crippen LogP contribution in [-0.4, -0.2) is 100 Å². The highest BCUT2D eigenvalue weighted by Crippen LogP contribution is 2.48. The second kappa shape index (κ2) is 9.48. The highest BCUT2D eigenvalue weighted by molar-refractivity contribution is 7.75. The third-order valence-electron chi connectivity index (χ3n) is 8.97. The Morgan fingerprint density at radius 1 is 0.667 bits per heavy atom. The summed E-state index contributed by atoms with van der Waals surface area (Å²) < 4.78 is 48.5. The van der Waals surface area contributed by atoms with Crippen molar-refractivity contribution in [3.63, 3.8) is 0 Å². The molecule has 0 amide bonds. The second-order valence-electron chi connectivity index (χ2n) is 13.8. The molecule has 4 heterocycles. The molecule has 210 valence electrons. The molecule has 0 aromatic rings. The predicted octanol–water partition coefficient (Wildman–Crippen LogP) is 3.39. The van der Waals surface area contributed by atoms with Crippen LogP contribution in [0, 0.1) is 0 Å². The molecule has 0 radical (unpaired) electrons. The summed E-state index contributed by atoms with van der Waals surface area (Å²) in [5, 5.41) is 0. The first kappa shape index (κ1) is 28.8. The number of likely N-dealkylation sites (tertiary alicyclic amines) is 2. The molecule has 4 aliphatic rings. The lowest BCUT2D eigenvalue weighted by molar-refractivity contribution is -0.243. The summed E-state index contributed by atoms with van der Waals surface area (Å²) in [5.41, 5.74) is -0.269. The van der Waals surface area contributed by atoms with Gasteiger partial charge in [0.2, 0.25) is 0 Å². The van der Waals surface area contributed by atoms with Crippen molar-refractivity contribution in [2.75, 3.05) is 40.5 Å². The summed E-state index contributed by atoms with van der Waals surface area (Å²) in [4.78, 5) is 4.77. The smallest absolute Gasteiger partial charge is 0.304 e. The average Bonchev–Trinajstić information content (AvgIpc) is 3.29. The summed E-state index contributed by atoms with van der Waals surface area (Å²) >= 11 is -1.91. The molecule has 9 nitrogen and oxygen atoms in total. The summed E-state index contributed by atoms with van der Waals surface area (Å²) in [6.07, 6.45) is 2.48. The molecule has 4 saturated heterocycles. The standard InChI is InChI=1S/C26H48N2O7S/c1-21(2)15-25(16-22(3,4)27(21)9)30-11-19(34-25)13-32-36(29)33-14-20-12-31-26(35-20)17-23(5,6)28(10)24(7,8)18-26/h19-20H,11-18H2,1-10H3. The lowest BCUT2D eigenvalue weighted by Crippen LogP contribution is -2.64. The molecule has 36 heavy (non-hydrogen) atoms. The zero-order valence-corrected chi connectivity index (χ0v) is 24.8. The highest BCUT2D eigenvalue weighted by Gasteiger charge is 2.57. The Balaban J connectivity index is 1.23. The van der Waals surface area contributed by atoms with Gasteiger partial charge < -0.3 is 18.9 Å². The lowest BCUT2D eigenvalue weighted by Gasteiger charge is -2.56. The molecule has 0 aromatic heterocycles. The molecule has 10 heteroatoms. The van der Waals surface area contributed by atoms with E-state index in [1.54, 1.807) is 0 Å². The van der Waals surface area contributed by atoms with Gasteiger partial charge in [0.15, 0.2) is 11.6 Å². The molecule has 0 aromatic carbocycles. The molecule has 4 fully saturated rings. The minimum Gasteiger partial charge on any atom is -0.347 e. The molecular formula is C26H48N2O7S. The van der Waals surface area contributed by atoms with Crippen molar-refractivity contribution in [2.24, 2.45) is 0 Å². The third kappa shape index (κ3) is 5.72. The molecule has 4 aliphatic heterocycles. The van der Waals surface area contributed by atoms with E-state index in [0.29, 0.717) is 13.2 Å². The number of rotatable bonds is 6. The molecular weight excluding hydrogens is 484 g/mol. The van der Waals surface area contributed by atoms with Gasteiger partial charge in [0.1, 0.15) is 12.2 Å². The number of ether oxygens (including phenoxy) is 4. The minimum atomic E-state index is -1.91. The average molecular weight is 533 g/mol. The topological polar surface area (TPSA) is 78.9 Å². The molecule has 0 N–H and O–H groups in total. The van der Waals surface area contributed by atoms with E-state index in [1.165, 1.54) is 0 Å². The number of hydrogen-bond donors (Lipinski definition) is 0. The van der Waals surface area contributed by atoms with E-state index in [2.05, 4.69) is 79.3 Å². The summed E-state index contributed by atoms with van der Waals surface area (Å²) in [5.74, 6) is -1.29. The van der Waals surface area contributed by atoms with Crippen molar-refractivity contribution in [1.82, 2.24) is 9.80 Å². The van der Waals surface area contributed by atoms with Crippen molar-refractivity contribution in [3.8, 4) is 0 Å². The maximum absolute atomic E-state index is 12.5. The van der Waals surface area contributed by atoms with Gasteiger partial charge in [-0.15, -0.1) is 0 Å². The van der Waals surface area contributed by atoms with Crippen LogP contribution in [0.5, 0.6) is 0 Å². The molecule has 2 atom stereocenters. The molecule has 0 aliphatic carbocycles. The fourth-order valence-corrected chi connectivity index (χ4v) is 7.53. The van der Waals surface area contributed by atoms with Crippen molar-refractivity contribution in [3.05, 3.63) is 0 Å². The number of piperidine rings is 2. The number of nitrogens with zero attached hydrogens (tertiary/aromatic N) is 2. The summed E-state index contributed by atoms with van der Waals surface area (Å²) in [7, 11) is 4.30. The van der Waals surface area contributed by atoms with Gasteiger partial charge in [-0.1, -0.05) is 0 Å². The molecule has 0 saturated carbocycles. The maximum Gasteiger partial charge on any atom is 0.304 e. The van der Waals surface area contributed by atoms with E-state index >= 15 is 0 Å². The van der Waals surface area contributed by atoms with Crippen LogP contribution in [0.15, 0.2) is 0 Å². The Kier molecular flexibility index (Phi) is 7.59. The lowest BCUT2D eigenvalue weighted by atomic mass is 9.76. The maximum atomic E-state index is 12.5. The van der Waals surface area contributed by atoms with Gasteiger partial charge in [0.05, 0.1) is 26.4 Å². The van der Waals surface area contributed by atoms with Gasteiger partial charge in [-0.25, -0.2) is 0 Å². The van der Waals surface area contributed by atoms with Crippen LogP contribution in [0.4, 0.5) is 0 Å². The van der Waals surface area contributed by atoms with E-state index in [-0.39, 0.29) is 47.6 Å². The summed E-state index contributed by atoms with van der Waals surface area (Å²) in [6.45, 7) is 18.8. The number of hydrogen-bond acceptors (Lipinski definition) is 9. The van der Waals surface area contributed by atoms with E-state index in [4.69, 9.17) is 27.3 Å². The van der Waals surface area contributed by atoms with Crippen LogP contribution in [0.1, 0.15) is 81.1 Å². The van der Waals surface area contributed by atoms with E-state index < -0.39 is 22.9 Å². The second-order valence-corrected chi connectivity index (χ2v) is 14.7.